The van der Waals surface area contributed by atoms with Crippen LogP contribution in [0.1, 0.15) is 77.1 Å². The normalized spacial score (nSPS) is 16.1. The maximum Gasteiger partial charge on any atom is 0.413 e. The van der Waals surface area contributed by atoms with Crippen LogP contribution in [0.15, 0.2) is 88.2 Å². The van der Waals surface area contributed by atoms with Gasteiger partial charge in [-0.1, -0.05) is 17.3 Å². The van der Waals surface area contributed by atoms with Crippen LogP contribution in [0, 0.1) is 5.41 Å². The number of anilines is 1. The SMILES string of the molecule is COc1ccc(COC(=O)C2=C(C[n+]3ccc4c(ccn4Cc4cc(C(=N)NC(=O)OC(C)(C)C)cs4)c3)CS[C@@H]3[C@H](NC(=O)C(=NOC(C)(C)C(=O)OC(C)(C)C)c4csc(N)n4)C(=O)N23)cc1.[I-]. The third kappa shape index (κ3) is 12.8. The van der Waals surface area contributed by atoms with Gasteiger partial charge in [0.25, 0.3) is 11.8 Å². The van der Waals surface area contributed by atoms with Crippen molar-refractivity contribution < 1.29 is 76.3 Å². The van der Waals surface area contributed by atoms with Crippen molar-refractivity contribution >= 4 is 91.9 Å². The molecule has 6 heterocycles. The Kier molecular flexibility index (Phi) is 16.4. The van der Waals surface area contributed by atoms with Crippen LogP contribution >= 0.6 is 34.4 Å². The van der Waals surface area contributed by atoms with E-state index < -0.39 is 58.1 Å². The number of ether oxygens (including phenoxy) is 4. The Bertz CT molecular complexity index is 2880. The lowest BCUT2D eigenvalue weighted by Crippen LogP contribution is -3.00. The van der Waals surface area contributed by atoms with Gasteiger partial charge in [0.05, 0.1) is 24.6 Å². The third-order valence-corrected chi connectivity index (χ3v) is 13.3. The maximum absolute atomic E-state index is 14.2. The van der Waals surface area contributed by atoms with Crippen molar-refractivity contribution in [2.45, 2.75) is 103 Å². The predicted octanol–water partition coefficient (Wildman–Crippen LogP) is 2.88. The number of aromatic nitrogens is 3. The number of thiazole rings is 1. The van der Waals surface area contributed by atoms with E-state index in [-0.39, 0.29) is 65.2 Å². The van der Waals surface area contributed by atoms with E-state index >= 15 is 0 Å². The Morgan fingerprint density at radius 2 is 1.70 bits per heavy atom. The minimum atomic E-state index is -1.61. The topological polar surface area (TPSA) is 243 Å². The number of thioether (sulfide) groups is 1. The number of nitrogens with zero attached hydrogens (tertiary/aromatic N) is 5. The van der Waals surface area contributed by atoms with Crippen molar-refractivity contribution in [1.29, 1.82) is 5.41 Å². The summed E-state index contributed by atoms with van der Waals surface area (Å²) in [7, 11) is 1.56. The summed E-state index contributed by atoms with van der Waals surface area (Å²) in [5.41, 5.74) is 5.45. The molecule has 2 atom stereocenters. The number of hydrogen-bond acceptors (Lipinski definition) is 17. The number of alkyl carbamates (subject to hydrolysis) is 1. The molecule has 19 nitrogen and oxygen atoms in total. The van der Waals surface area contributed by atoms with Crippen LogP contribution in [-0.2, 0) is 57.9 Å². The first-order valence-electron chi connectivity index (χ1n) is 21.6. The second kappa shape index (κ2) is 21.5. The number of nitrogen functional groups attached to an aromatic ring is 1. The van der Waals surface area contributed by atoms with Crippen molar-refractivity contribution in [2.75, 3.05) is 18.6 Å². The zero-order valence-corrected chi connectivity index (χ0v) is 44.5. The van der Waals surface area contributed by atoms with Crippen LogP contribution in [0.5, 0.6) is 5.75 Å². The molecule has 0 radical (unpaired) electrons. The van der Waals surface area contributed by atoms with E-state index in [1.807, 2.05) is 46.7 Å². The van der Waals surface area contributed by atoms with E-state index in [0.717, 1.165) is 27.1 Å². The number of halogens is 1. The number of amides is 3. The number of β-lactam (4-membered cyclic amide) rings is 1. The number of esters is 2. The van der Waals surface area contributed by atoms with Crippen LogP contribution in [0.3, 0.4) is 0 Å². The molecular weight excluding hydrogens is 1070 g/mol. The number of nitrogens with two attached hydrogens (primary N) is 1. The molecule has 5 N–H and O–H groups in total. The van der Waals surface area contributed by atoms with Gasteiger partial charge in [0.15, 0.2) is 29.8 Å². The Balaban J connectivity index is 0.00000804. The number of fused-ring (bicyclic) bond motifs is 2. The average molecular weight is 1130 g/mol. The molecule has 70 heavy (non-hydrogen) atoms. The summed E-state index contributed by atoms with van der Waals surface area (Å²) in [6.07, 6.45) is 5.11. The molecule has 3 amide bonds. The Labute approximate surface area is 433 Å². The van der Waals surface area contributed by atoms with Crippen molar-refractivity contribution in [3.63, 3.8) is 0 Å². The highest BCUT2D eigenvalue weighted by Gasteiger charge is 2.55. The van der Waals surface area contributed by atoms with Crippen LogP contribution in [0.4, 0.5) is 9.93 Å². The quantitative estimate of drug-likeness (QED) is 0.0173. The number of carbonyl (C=O) groups excluding carboxylic acids is 5. The van der Waals surface area contributed by atoms with Gasteiger partial charge in [-0.05, 0) is 85.2 Å². The molecule has 0 bridgehead atoms. The molecule has 372 valence electrons. The number of amidine groups is 1. The lowest BCUT2D eigenvalue weighted by atomic mass is 10.0. The number of nitrogens with one attached hydrogen (secondary N) is 3. The molecule has 23 heteroatoms. The number of carbonyl (C=O) groups is 5. The van der Waals surface area contributed by atoms with Crippen molar-refractivity contribution in [2.24, 2.45) is 5.16 Å². The second-order valence-corrected chi connectivity index (χ2v) is 21.5. The smallest absolute Gasteiger partial charge is 0.413 e. The van der Waals surface area contributed by atoms with Gasteiger partial charge in [-0.25, -0.2) is 23.9 Å². The van der Waals surface area contributed by atoms with Crippen LogP contribution in [-0.4, -0.2) is 96.9 Å². The molecule has 0 aliphatic carbocycles. The Morgan fingerprint density at radius 1 is 0.986 bits per heavy atom. The van der Waals surface area contributed by atoms with Gasteiger partial charge in [-0.15, -0.1) is 34.4 Å². The zero-order valence-electron chi connectivity index (χ0n) is 39.9. The van der Waals surface area contributed by atoms with Gasteiger partial charge < -0.3 is 63.4 Å². The number of rotatable bonds is 15. The summed E-state index contributed by atoms with van der Waals surface area (Å²) in [5.74, 6) is -1.89. The van der Waals surface area contributed by atoms with Crippen molar-refractivity contribution in [3.05, 3.63) is 105 Å². The summed E-state index contributed by atoms with van der Waals surface area (Å²) in [6.45, 7) is 14.0. The monoisotopic (exact) mass is 1130 g/mol. The van der Waals surface area contributed by atoms with Gasteiger partial charge in [0.1, 0.15) is 52.2 Å². The number of methoxy groups -OCH3 is 1. The van der Waals surface area contributed by atoms with Gasteiger partial charge >= 0.3 is 18.0 Å². The number of benzene rings is 1. The van der Waals surface area contributed by atoms with Gasteiger partial charge in [-0.2, -0.15) is 0 Å². The second-order valence-electron chi connectivity index (χ2n) is 18.6. The molecule has 2 aliphatic heterocycles. The van der Waals surface area contributed by atoms with E-state index in [1.54, 1.807) is 72.9 Å². The summed E-state index contributed by atoms with van der Waals surface area (Å²) in [4.78, 5) is 79.7. The van der Waals surface area contributed by atoms with Gasteiger partial charge in [-0.3, -0.25) is 25.2 Å². The first-order valence-corrected chi connectivity index (χ1v) is 24.4. The summed E-state index contributed by atoms with van der Waals surface area (Å²) in [6, 6.07) is 11.8. The van der Waals surface area contributed by atoms with E-state index in [1.165, 1.54) is 47.2 Å². The van der Waals surface area contributed by atoms with Gasteiger partial charge in [0.2, 0.25) is 5.60 Å². The number of hydrogen-bond donors (Lipinski definition) is 4. The molecule has 0 saturated carbocycles. The third-order valence-electron chi connectivity index (χ3n) is 10.3. The minimum Gasteiger partial charge on any atom is -1.00 e. The highest BCUT2D eigenvalue weighted by atomic mass is 127. The van der Waals surface area contributed by atoms with E-state index in [0.29, 0.717) is 34.7 Å². The number of thiophene rings is 1. The molecular formula is C47H54IN9O10S3. The molecule has 0 unspecified atom stereocenters. The Hall–Kier alpha value is -6.05. The molecule has 1 saturated heterocycles. The average Bonchev–Trinajstić information content (AvgIpc) is 4.04. The highest BCUT2D eigenvalue weighted by Crippen LogP contribution is 2.41. The summed E-state index contributed by atoms with van der Waals surface area (Å²) < 4.78 is 25.9. The fraction of sp³-hybridized carbons (Fsp3) is 0.383. The maximum atomic E-state index is 14.2. The highest BCUT2D eigenvalue weighted by molar-refractivity contribution is 8.00. The van der Waals surface area contributed by atoms with E-state index in [4.69, 9.17) is 34.9 Å². The zero-order chi connectivity index (χ0) is 50.0. The molecule has 1 aromatic carbocycles. The number of pyridine rings is 1. The van der Waals surface area contributed by atoms with Crippen LogP contribution in [0.25, 0.3) is 10.9 Å². The van der Waals surface area contributed by atoms with Crippen molar-refractivity contribution in [1.82, 2.24) is 25.1 Å². The fourth-order valence-electron chi connectivity index (χ4n) is 7.03. The summed E-state index contributed by atoms with van der Waals surface area (Å²) in [5, 5.41) is 21.3. The first kappa shape index (κ1) is 53.3. The lowest BCUT2D eigenvalue weighted by Gasteiger charge is -2.49. The predicted molar refractivity (Wildman–Crippen MR) is 261 cm³/mol. The molecule has 0 spiro atoms. The molecule has 7 rings (SSSR count). The molecule has 1 fully saturated rings. The fourth-order valence-corrected chi connectivity index (χ4v) is 9.78. The number of oxime groups is 1. The molecule has 5 aromatic rings. The van der Waals surface area contributed by atoms with Crippen LogP contribution in [0.2, 0.25) is 0 Å². The standard InChI is InChI=1S/C47H53N9O10S3.HI/c1-45(2,3)64-42(60)47(7,8)66-53-34(32-25-69-43(49)50-32)38(57)51-35-39(58)56-36(41(59)63-22-26-10-12-30(62-9)13-11-26)29(24-68-40(35)56)20-54-16-15-33-27(19-54)14-17-55(33)21-31-18-28(23-67-31)37(48)52-44(61)65-46(4,5)6;/h10-19,23,25,35,40H,20-22,24H2,1-9H3,(H4-,48,49,50,51,52,57,61);1H/t35-,40-;/m1./s1. The first-order chi connectivity index (χ1) is 32.5. The van der Waals surface area contributed by atoms with Crippen molar-refractivity contribution in [3.8, 4) is 5.75 Å². The lowest BCUT2D eigenvalue weighted by molar-refractivity contribution is -0.687. The largest absolute Gasteiger partial charge is 1.00 e. The minimum absolute atomic E-state index is 0. The molecule has 4 aromatic heterocycles. The molecule has 2 aliphatic rings. The van der Waals surface area contributed by atoms with Gasteiger partial charge in [0, 0.05) is 44.8 Å². The Morgan fingerprint density at radius 3 is 2.36 bits per heavy atom. The summed E-state index contributed by atoms with van der Waals surface area (Å²) >= 11 is 3.90. The van der Waals surface area contributed by atoms with E-state index in [2.05, 4.69) is 25.3 Å². The van der Waals surface area contributed by atoms with E-state index in [9.17, 15) is 24.0 Å². The van der Waals surface area contributed by atoms with Crippen LogP contribution < -0.4 is 49.6 Å².